The van der Waals surface area contributed by atoms with E-state index in [0.29, 0.717) is 12.0 Å². The first-order chi connectivity index (χ1) is 9.31. The monoisotopic (exact) mass is 291 g/mol. The van der Waals surface area contributed by atoms with Crippen LogP contribution in [-0.2, 0) is 4.43 Å². The predicted molar refractivity (Wildman–Crippen MR) is 88.7 cm³/mol. The molecule has 0 bridgehead atoms. The molecular weight excluding hydrogens is 262 g/mol. The van der Waals surface area contributed by atoms with Crippen molar-refractivity contribution in [3.63, 3.8) is 0 Å². The molecule has 1 aromatic carbocycles. The van der Waals surface area contributed by atoms with Gasteiger partial charge in [0, 0.05) is 18.6 Å². The second-order valence-electron chi connectivity index (χ2n) is 7.44. The van der Waals surface area contributed by atoms with E-state index < -0.39 is 8.32 Å². The van der Waals surface area contributed by atoms with Crippen LogP contribution < -0.4 is 5.32 Å². The highest BCUT2D eigenvalue weighted by Crippen LogP contribution is 2.37. The maximum atomic E-state index is 6.41. The number of rotatable bonds is 4. The van der Waals surface area contributed by atoms with E-state index in [-0.39, 0.29) is 5.04 Å². The third-order valence-corrected chi connectivity index (χ3v) is 9.51. The Morgan fingerprint density at radius 2 is 1.85 bits per heavy atom. The molecule has 0 amide bonds. The van der Waals surface area contributed by atoms with E-state index in [9.17, 15) is 0 Å². The highest BCUT2D eigenvalue weighted by Gasteiger charge is 2.39. The largest absolute Gasteiger partial charge is 0.415 e. The third kappa shape index (κ3) is 3.51. The van der Waals surface area contributed by atoms with Crippen LogP contribution in [-0.4, -0.2) is 27.5 Å². The second kappa shape index (κ2) is 6.00. The van der Waals surface area contributed by atoms with E-state index in [1.54, 1.807) is 0 Å². The molecule has 0 aliphatic carbocycles. The van der Waals surface area contributed by atoms with Crippen LogP contribution in [0.2, 0.25) is 18.1 Å². The van der Waals surface area contributed by atoms with Gasteiger partial charge in [-0.05, 0) is 36.7 Å². The van der Waals surface area contributed by atoms with Gasteiger partial charge in [0.1, 0.15) is 0 Å². The molecule has 1 aromatic rings. The zero-order valence-electron chi connectivity index (χ0n) is 13.6. The normalized spacial score (nSPS) is 24.1. The molecule has 1 aliphatic rings. The molecule has 1 aliphatic heterocycles. The molecule has 1 heterocycles. The van der Waals surface area contributed by atoms with Crippen molar-refractivity contribution in [2.75, 3.05) is 13.2 Å². The number of hydrogen-bond acceptors (Lipinski definition) is 2. The standard InChI is InChI=1S/C17H29NOSi/c1-17(2,3)20(4,5)19-13-16-15(11-12-18-16)14-9-7-6-8-10-14/h6-10,15-16,18H,11-13H2,1-5H3/t15-,16-/m1/s1. The van der Waals surface area contributed by atoms with Crippen LogP contribution >= 0.6 is 0 Å². The van der Waals surface area contributed by atoms with Gasteiger partial charge in [0.15, 0.2) is 8.32 Å². The molecule has 0 spiro atoms. The lowest BCUT2D eigenvalue weighted by atomic mass is 9.92. The van der Waals surface area contributed by atoms with Crippen LogP contribution in [0.3, 0.4) is 0 Å². The Morgan fingerprint density at radius 1 is 1.20 bits per heavy atom. The molecule has 0 unspecified atom stereocenters. The minimum atomic E-state index is -1.64. The summed E-state index contributed by atoms with van der Waals surface area (Å²) in [6, 6.07) is 11.3. The van der Waals surface area contributed by atoms with Crippen LogP contribution in [0.4, 0.5) is 0 Å². The van der Waals surface area contributed by atoms with Crippen molar-refractivity contribution in [2.45, 2.75) is 57.3 Å². The quantitative estimate of drug-likeness (QED) is 0.841. The third-order valence-electron chi connectivity index (χ3n) is 5.01. The van der Waals surface area contributed by atoms with E-state index in [4.69, 9.17) is 4.43 Å². The zero-order valence-corrected chi connectivity index (χ0v) is 14.6. The molecule has 0 saturated carbocycles. The van der Waals surface area contributed by atoms with Gasteiger partial charge in [-0.2, -0.15) is 0 Å². The molecule has 0 aromatic heterocycles. The summed E-state index contributed by atoms with van der Waals surface area (Å²) in [4.78, 5) is 0. The second-order valence-corrected chi connectivity index (χ2v) is 12.2. The van der Waals surface area contributed by atoms with Gasteiger partial charge in [0.2, 0.25) is 0 Å². The Morgan fingerprint density at radius 3 is 2.45 bits per heavy atom. The summed E-state index contributed by atoms with van der Waals surface area (Å²) in [6.07, 6.45) is 1.22. The fraction of sp³-hybridized carbons (Fsp3) is 0.647. The fourth-order valence-corrected chi connectivity index (χ4v) is 3.59. The topological polar surface area (TPSA) is 21.3 Å². The van der Waals surface area contributed by atoms with Gasteiger partial charge in [0.25, 0.3) is 0 Å². The number of hydrogen-bond donors (Lipinski definition) is 1. The molecule has 1 saturated heterocycles. The summed E-state index contributed by atoms with van der Waals surface area (Å²) in [5, 5.41) is 3.91. The highest BCUT2D eigenvalue weighted by atomic mass is 28.4. The van der Waals surface area contributed by atoms with Gasteiger partial charge in [-0.15, -0.1) is 0 Å². The highest BCUT2D eigenvalue weighted by molar-refractivity contribution is 6.74. The number of nitrogens with one attached hydrogen (secondary N) is 1. The van der Waals surface area contributed by atoms with Gasteiger partial charge in [0.05, 0.1) is 0 Å². The average molecular weight is 292 g/mol. The average Bonchev–Trinajstić information content (AvgIpc) is 2.84. The molecule has 2 nitrogen and oxygen atoms in total. The van der Waals surface area contributed by atoms with Crippen molar-refractivity contribution in [3.8, 4) is 0 Å². The van der Waals surface area contributed by atoms with E-state index in [0.717, 1.165) is 13.2 Å². The van der Waals surface area contributed by atoms with Crippen molar-refractivity contribution < 1.29 is 4.43 Å². The van der Waals surface area contributed by atoms with Crippen molar-refractivity contribution >= 4 is 8.32 Å². The molecule has 20 heavy (non-hydrogen) atoms. The molecule has 2 rings (SSSR count). The fourth-order valence-electron chi connectivity index (χ4n) is 2.56. The summed E-state index contributed by atoms with van der Waals surface area (Å²) in [6.45, 7) is 13.5. The first-order valence-corrected chi connectivity index (χ1v) is 10.6. The van der Waals surface area contributed by atoms with E-state index in [1.807, 2.05) is 0 Å². The minimum Gasteiger partial charge on any atom is -0.415 e. The van der Waals surface area contributed by atoms with Gasteiger partial charge in [-0.3, -0.25) is 0 Å². The summed E-state index contributed by atoms with van der Waals surface area (Å²) in [7, 11) is -1.64. The lowest BCUT2D eigenvalue weighted by Gasteiger charge is -2.37. The summed E-state index contributed by atoms with van der Waals surface area (Å²) in [5.74, 6) is 0.598. The Balaban J connectivity index is 1.99. The van der Waals surface area contributed by atoms with E-state index >= 15 is 0 Å². The van der Waals surface area contributed by atoms with Gasteiger partial charge >= 0.3 is 0 Å². The summed E-state index contributed by atoms with van der Waals surface area (Å²) >= 11 is 0. The van der Waals surface area contributed by atoms with Gasteiger partial charge < -0.3 is 9.74 Å². The number of benzene rings is 1. The zero-order chi connectivity index (χ0) is 14.8. The first-order valence-electron chi connectivity index (χ1n) is 7.73. The minimum absolute atomic E-state index is 0.286. The van der Waals surface area contributed by atoms with Crippen molar-refractivity contribution in [3.05, 3.63) is 35.9 Å². The van der Waals surface area contributed by atoms with Gasteiger partial charge in [-0.25, -0.2) is 0 Å². The Bertz CT molecular complexity index is 424. The Labute approximate surface area is 125 Å². The molecule has 1 fully saturated rings. The summed E-state index contributed by atoms with van der Waals surface area (Å²) < 4.78 is 6.41. The molecule has 3 heteroatoms. The van der Waals surface area contributed by atoms with Crippen LogP contribution in [0.5, 0.6) is 0 Å². The van der Waals surface area contributed by atoms with Crippen LogP contribution in [0.25, 0.3) is 0 Å². The SMILES string of the molecule is CC(C)(C)[Si](C)(C)OC[C@H]1NCC[C@@H]1c1ccccc1. The van der Waals surface area contributed by atoms with E-state index in [2.05, 4.69) is 69.5 Å². The molecule has 0 radical (unpaired) electrons. The lowest BCUT2D eigenvalue weighted by molar-refractivity contribution is 0.244. The van der Waals surface area contributed by atoms with Crippen LogP contribution in [0.1, 0.15) is 38.7 Å². The van der Waals surface area contributed by atoms with Crippen LogP contribution in [0, 0.1) is 0 Å². The first kappa shape index (κ1) is 15.7. The molecule has 2 atom stereocenters. The Kier molecular flexibility index (Phi) is 4.72. The van der Waals surface area contributed by atoms with Crippen molar-refractivity contribution in [1.29, 1.82) is 0 Å². The maximum Gasteiger partial charge on any atom is 0.192 e. The molecule has 112 valence electrons. The molecular formula is C17H29NOSi. The smallest absolute Gasteiger partial charge is 0.192 e. The predicted octanol–water partition coefficient (Wildman–Crippen LogP) is 4.15. The van der Waals surface area contributed by atoms with Gasteiger partial charge in [-0.1, -0.05) is 51.1 Å². The summed E-state index contributed by atoms with van der Waals surface area (Å²) in [5.41, 5.74) is 1.45. The van der Waals surface area contributed by atoms with Crippen molar-refractivity contribution in [2.24, 2.45) is 0 Å². The maximum absolute atomic E-state index is 6.41. The Hall–Kier alpha value is -0.643. The van der Waals surface area contributed by atoms with E-state index in [1.165, 1.54) is 12.0 Å². The van der Waals surface area contributed by atoms with Crippen molar-refractivity contribution in [1.82, 2.24) is 5.32 Å². The lowest BCUT2D eigenvalue weighted by Crippen LogP contribution is -2.44. The molecule has 1 N–H and O–H groups in total. The van der Waals surface area contributed by atoms with Crippen LogP contribution in [0.15, 0.2) is 30.3 Å².